The van der Waals surface area contributed by atoms with Gasteiger partial charge in [-0.3, -0.25) is 9.21 Å². The van der Waals surface area contributed by atoms with Gasteiger partial charge in [0.1, 0.15) is 5.82 Å². The molecule has 0 amide bonds. The molecule has 1 spiro atoms. The fourth-order valence-corrected chi connectivity index (χ4v) is 6.98. The van der Waals surface area contributed by atoms with E-state index in [0.717, 1.165) is 24.3 Å². The Labute approximate surface area is 194 Å². The molecule has 0 radical (unpaired) electrons. The first-order valence-corrected chi connectivity index (χ1v) is 12.6. The monoisotopic (exact) mass is 469 g/mol. The number of likely N-dealkylation sites (tertiary alicyclic amines) is 1. The van der Waals surface area contributed by atoms with Crippen LogP contribution in [0.4, 0.5) is 10.1 Å². The Morgan fingerprint density at radius 1 is 1.21 bits per heavy atom. The number of imidazole rings is 1. The van der Waals surface area contributed by atoms with Crippen molar-refractivity contribution in [3.05, 3.63) is 72.4 Å². The number of piperidine rings is 1. The highest BCUT2D eigenvalue weighted by Gasteiger charge is 2.52. The van der Waals surface area contributed by atoms with Gasteiger partial charge in [0.05, 0.1) is 29.4 Å². The molecule has 2 aliphatic rings. The lowest BCUT2D eigenvalue weighted by molar-refractivity contribution is 0.106. The maximum absolute atomic E-state index is 13.9. The van der Waals surface area contributed by atoms with Crippen LogP contribution in [0.2, 0.25) is 0 Å². The van der Waals surface area contributed by atoms with Crippen molar-refractivity contribution in [3.63, 3.8) is 0 Å². The second-order valence-corrected chi connectivity index (χ2v) is 10.8. The molecule has 1 N–H and O–H groups in total. The van der Waals surface area contributed by atoms with Gasteiger partial charge in [0.2, 0.25) is 0 Å². The van der Waals surface area contributed by atoms with Gasteiger partial charge in [-0.2, -0.15) is 13.1 Å². The second kappa shape index (κ2) is 8.23. The average Bonchev–Trinajstić information content (AvgIpc) is 3.31. The van der Waals surface area contributed by atoms with Gasteiger partial charge in [-0.1, -0.05) is 24.3 Å². The number of nitrogens with one attached hydrogen (secondary N) is 1. The highest BCUT2D eigenvalue weighted by molar-refractivity contribution is 7.91. The van der Waals surface area contributed by atoms with Crippen molar-refractivity contribution in [2.24, 2.45) is 7.05 Å². The fourth-order valence-electron chi connectivity index (χ4n) is 5.26. The number of aryl methyl sites for hydroxylation is 1. The third-order valence-electron chi connectivity index (χ3n) is 6.89. The minimum atomic E-state index is -3.71. The number of anilines is 1. The zero-order valence-electron chi connectivity index (χ0n) is 18.8. The summed E-state index contributed by atoms with van der Waals surface area (Å²) >= 11 is 0. The standard InChI is InChI=1S/C24H28FN5O2S/c1-18-13-24(16-27-33(31,32)30(24)22-8-4-7-21(25)12-22)9-10-29(18)15-19-5-3-6-20(11-19)23-14-26-17-28(23)2/h3-8,11-12,14,17-18,27H,9-10,13,15-16H2,1-2H3/t18-,24+/m0/s1. The molecule has 0 aliphatic carbocycles. The van der Waals surface area contributed by atoms with Crippen molar-refractivity contribution >= 4 is 15.9 Å². The fraction of sp³-hybridized carbons (Fsp3) is 0.375. The van der Waals surface area contributed by atoms with Gasteiger partial charge in [0.15, 0.2) is 0 Å². The summed E-state index contributed by atoms with van der Waals surface area (Å²) in [5.74, 6) is -0.441. The maximum atomic E-state index is 13.9. The Bertz CT molecular complexity index is 1280. The molecule has 2 aromatic carbocycles. The van der Waals surface area contributed by atoms with E-state index in [1.165, 1.54) is 22.0 Å². The average molecular weight is 470 g/mol. The van der Waals surface area contributed by atoms with Crippen LogP contribution in [0.5, 0.6) is 0 Å². The molecule has 2 aliphatic heterocycles. The molecule has 33 heavy (non-hydrogen) atoms. The van der Waals surface area contributed by atoms with Crippen molar-refractivity contribution in [1.82, 2.24) is 19.2 Å². The first-order chi connectivity index (χ1) is 15.8. The first kappa shape index (κ1) is 22.1. The van der Waals surface area contributed by atoms with E-state index >= 15 is 0 Å². The minimum absolute atomic E-state index is 0.158. The number of benzene rings is 2. The van der Waals surface area contributed by atoms with Gasteiger partial charge in [-0.15, -0.1) is 0 Å². The molecular formula is C24H28FN5O2S. The van der Waals surface area contributed by atoms with Gasteiger partial charge in [0.25, 0.3) is 0 Å². The van der Waals surface area contributed by atoms with E-state index in [4.69, 9.17) is 0 Å². The molecule has 2 atom stereocenters. The predicted molar refractivity (Wildman–Crippen MR) is 126 cm³/mol. The maximum Gasteiger partial charge on any atom is 0.302 e. The SMILES string of the molecule is C[C@H]1C[C@]2(CCN1Cc1cccc(-c3cncn3C)c1)CNS(=O)(=O)N2c1cccc(F)c1. The Hall–Kier alpha value is -2.75. The van der Waals surface area contributed by atoms with E-state index in [1.807, 2.05) is 17.8 Å². The van der Waals surface area contributed by atoms with Crippen LogP contribution in [0.25, 0.3) is 11.3 Å². The summed E-state index contributed by atoms with van der Waals surface area (Å²) in [5.41, 5.74) is 3.17. The van der Waals surface area contributed by atoms with Crippen LogP contribution in [0.3, 0.4) is 0 Å². The van der Waals surface area contributed by atoms with E-state index in [2.05, 4.69) is 45.8 Å². The van der Waals surface area contributed by atoms with Gasteiger partial charge in [-0.05, 0) is 49.6 Å². The smallest absolute Gasteiger partial charge is 0.302 e. The number of hydrogen-bond donors (Lipinski definition) is 1. The topological polar surface area (TPSA) is 70.5 Å². The van der Waals surface area contributed by atoms with Gasteiger partial charge >= 0.3 is 10.2 Å². The van der Waals surface area contributed by atoms with E-state index in [1.54, 1.807) is 18.5 Å². The van der Waals surface area contributed by atoms with Crippen LogP contribution in [0.1, 0.15) is 25.3 Å². The van der Waals surface area contributed by atoms with E-state index < -0.39 is 21.6 Å². The third-order valence-corrected chi connectivity index (χ3v) is 8.47. The Kier molecular flexibility index (Phi) is 5.50. The van der Waals surface area contributed by atoms with Crippen LogP contribution in [0, 0.1) is 5.82 Å². The molecule has 1 aromatic heterocycles. The largest absolute Gasteiger partial charge is 0.334 e. The van der Waals surface area contributed by atoms with Crippen LogP contribution >= 0.6 is 0 Å². The molecule has 3 aromatic rings. The first-order valence-electron chi connectivity index (χ1n) is 11.1. The highest BCUT2D eigenvalue weighted by atomic mass is 32.2. The summed E-state index contributed by atoms with van der Waals surface area (Å²) < 4.78 is 45.8. The van der Waals surface area contributed by atoms with Crippen LogP contribution < -0.4 is 9.03 Å². The van der Waals surface area contributed by atoms with Gasteiger partial charge < -0.3 is 4.57 Å². The third kappa shape index (κ3) is 4.05. The normalized spacial score (nSPS) is 25.1. The van der Waals surface area contributed by atoms with Crippen LogP contribution in [-0.2, 0) is 23.8 Å². The number of aromatic nitrogens is 2. The molecule has 2 fully saturated rings. The molecule has 0 bridgehead atoms. The lowest BCUT2D eigenvalue weighted by atomic mass is 9.83. The Morgan fingerprint density at radius 2 is 2.03 bits per heavy atom. The predicted octanol–water partition coefficient (Wildman–Crippen LogP) is 3.30. The van der Waals surface area contributed by atoms with Crippen LogP contribution in [-0.4, -0.2) is 47.5 Å². The molecule has 0 saturated carbocycles. The molecule has 174 valence electrons. The van der Waals surface area contributed by atoms with Crippen molar-refractivity contribution in [2.75, 3.05) is 17.4 Å². The summed E-state index contributed by atoms with van der Waals surface area (Å²) in [4.78, 5) is 6.61. The lowest BCUT2D eigenvalue weighted by Gasteiger charge is -2.47. The molecular weight excluding hydrogens is 441 g/mol. The molecule has 7 nitrogen and oxygen atoms in total. The van der Waals surface area contributed by atoms with Crippen molar-refractivity contribution in [2.45, 2.75) is 37.9 Å². The number of rotatable bonds is 4. The zero-order valence-corrected chi connectivity index (χ0v) is 19.6. The summed E-state index contributed by atoms with van der Waals surface area (Å²) in [6.07, 6.45) is 4.99. The quantitative estimate of drug-likeness (QED) is 0.637. The summed E-state index contributed by atoms with van der Waals surface area (Å²) in [6.45, 7) is 4.00. The van der Waals surface area contributed by atoms with Gasteiger partial charge in [-0.25, -0.2) is 9.37 Å². The molecule has 9 heteroatoms. The number of halogens is 1. The summed E-state index contributed by atoms with van der Waals surface area (Å²) in [5, 5.41) is 0. The summed E-state index contributed by atoms with van der Waals surface area (Å²) in [6, 6.07) is 14.5. The van der Waals surface area contributed by atoms with Crippen molar-refractivity contribution < 1.29 is 12.8 Å². The Balaban J connectivity index is 1.36. The van der Waals surface area contributed by atoms with Crippen molar-refractivity contribution in [3.8, 4) is 11.3 Å². The van der Waals surface area contributed by atoms with Crippen molar-refractivity contribution in [1.29, 1.82) is 0 Å². The zero-order chi connectivity index (χ0) is 23.2. The molecule has 5 rings (SSSR count). The second-order valence-electron chi connectivity index (χ2n) is 9.16. The van der Waals surface area contributed by atoms with E-state index in [-0.39, 0.29) is 6.04 Å². The number of nitrogens with zero attached hydrogens (tertiary/aromatic N) is 4. The number of hydrogen-bond acceptors (Lipinski definition) is 4. The lowest BCUT2D eigenvalue weighted by Crippen LogP contribution is -2.57. The molecule has 0 unspecified atom stereocenters. The summed E-state index contributed by atoms with van der Waals surface area (Å²) in [7, 11) is -1.73. The van der Waals surface area contributed by atoms with Crippen LogP contribution in [0.15, 0.2) is 61.1 Å². The molecule has 3 heterocycles. The van der Waals surface area contributed by atoms with Gasteiger partial charge in [0, 0.05) is 38.3 Å². The minimum Gasteiger partial charge on any atom is -0.334 e. The molecule has 2 saturated heterocycles. The Morgan fingerprint density at radius 3 is 2.76 bits per heavy atom. The van der Waals surface area contributed by atoms with E-state index in [0.29, 0.717) is 25.1 Å². The van der Waals surface area contributed by atoms with E-state index in [9.17, 15) is 12.8 Å². The highest BCUT2D eigenvalue weighted by Crippen LogP contribution is 2.41.